The standard InChI is InChI=1S/C4H6P2S/c5-3-1-2-4(6)7-3/h1-2H,5-6H2. The van der Waals surface area contributed by atoms with E-state index in [0.29, 0.717) is 0 Å². The summed E-state index contributed by atoms with van der Waals surface area (Å²) in [6.45, 7) is 0. The van der Waals surface area contributed by atoms with Crippen LogP contribution in [0.2, 0.25) is 0 Å². The first-order chi connectivity index (χ1) is 3.29. The Kier molecular flexibility index (Phi) is 1.80. The van der Waals surface area contributed by atoms with E-state index in [0.717, 1.165) is 0 Å². The molecule has 0 N–H and O–H groups in total. The SMILES string of the molecule is Pc1ccc(P)s1. The molecular formula is C4H6P2S. The van der Waals surface area contributed by atoms with Crippen LogP contribution >= 0.6 is 29.8 Å². The minimum Gasteiger partial charge on any atom is -0.137 e. The van der Waals surface area contributed by atoms with Crippen LogP contribution in [0.15, 0.2) is 12.1 Å². The molecular weight excluding hydrogens is 142 g/mol. The van der Waals surface area contributed by atoms with Crippen molar-refractivity contribution in [2.45, 2.75) is 0 Å². The van der Waals surface area contributed by atoms with E-state index in [1.54, 1.807) is 11.3 Å². The predicted octanol–water partition coefficient (Wildman–Crippen LogP) is 0.749. The van der Waals surface area contributed by atoms with E-state index in [-0.39, 0.29) is 0 Å². The van der Waals surface area contributed by atoms with Gasteiger partial charge in [0, 0.05) is 9.24 Å². The average Bonchev–Trinajstić information content (AvgIpc) is 1.87. The zero-order chi connectivity index (χ0) is 5.28. The smallest absolute Gasteiger partial charge is 0.0223 e. The quantitative estimate of drug-likeness (QED) is 0.476. The van der Waals surface area contributed by atoms with Gasteiger partial charge < -0.3 is 0 Å². The van der Waals surface area contributed by atoms with Gasteiger partial charge in [0.15, 0.2) is 0 Å². The van der Waals surface area contributed by atoms with Gasteiger partial charge in [-0.25, -0.2) is 0 Å². The summed E-state index contributed by atoms with van der Waals surface area (Å²) in [5.74, 6) is 0. The molecule has 0 spiro atoms. The summed E-state index contributed by atoms with van der Waals surface area (Å²) in [6, 6.07) is 4.16. The Morgan fingerprint density at radius 1 is 1.14 bits per heavy atom. The third-order valence-electron chi connectivity index (χ3n) is 0.648. The molecule has 1 aromatic rings. The summed E-state index contributed by atoms with van der Waals surface area (Å²) < 4.78 is 2.59. The van der Waals surface area contributed by atoms with E-state index in [2.05, 4.69) is 30.6 Å². The Labute approximate surface area is 51.7 Å². The van der Waals surface area contributed by atoms with E-state index in [1.807, 2.05) is 0 Å². The van der Waals surface area contributed by atoms with E-state index in [1.165, 1.54) is 9.24 Å². The first-order valence-electron chi connectivity index (χ1n) is 1.90. The molecule has 1 heterocycles. The first-order valence-corrected chi connectivity index (χ1v) is 3.87. The van der Waals surface area contributed by atoms with Gasteiger partial charge >= 0.3 is 0 Å². The molecule has 0 aliphatic heterocycles. The molecule has 0 radical (unpaired) electrons. The van der Waals surface area contributed by atoms with Gasteiger partial charge in [0.05, 0.1) is 0 Å². The summed E-state index contributed by atoms with van der Waals surface area (Å²) in [5.41, 5.74) is 0. The Morgan fingerprint density at radius 2 is 1.57 bits per heavy atom. The molecule has 0 aliphatic rings. The van der Waals surface area contributed by atoms with E-state index in [4.69, 9.17) is 0 Å². The lowest BCUT2D eigenvalue weighted by atomic mass is 10.7. The molecule has 38 valence electrons. The summed E-state index contributed by atoms with van der Waals surface area (Å²) >= 11 is 1.77. The largest absolute Gasteiger partial charge is 0.137 e. The van der Waals surface area contributed by atoms with E-state index < -0.39 is 0 Å². The van der Waals surface area contributed by atoms with Crippen molar-refractivity contribution in [3.63, 3.8) is 0 Å². The molecule has 2 unspecified atom stereocenters. The Morgan fingerprint density at radius 3 is 1.71 bits per heavy atom. The number of thiophene rings is 1. The molecule has 7 heavy (non-hydrogen) atoms. The molecule has 0 bridgehead atoms. The van der Waals surface area contributed by atoms with Gasteiger partial charge in [-0.1, -0.05) is 18.5 Å². The van der Waals surface area contributed by atoms with Gasteiger partial charge in [-0.2, -0.15) is 0 Å². The fraction of sp³-hybridized carbons (Fsp3) is 0. The Hall–Kier alpha value is 0.560. The monoisotopic (exact) mass is 148 g/mol. The van der Waals surface area contributed by atoms with Crippen molar-refractivity contribution in [2.24, 2.45) is 0 Å². The van der Waals surface area contributed by atoms with Crippen LogP contribution in [-0.2, 0) is 0 Å². The maximum Gasteiger partial charge on any atom is 0.0223 e. The van der Waals surface area contributed by atoms with Crippen molar-refractivity contribution in [3.05, 3.63) is 12.1 Å². The highest BCUT2D eigenvalue weighted by molar-refractivity contribution is 7.52. The molecule has 1 aromatic heterocycles. The normalized spacial score (nSPS) is 9.43. The minimum atomic E-state index is 1.30. The summed E-state index contributed by atoms with van der Waals surface area (Å²) in [5, 5.41) is 0. The molecule has 0 amide bonds. The van der Waals surface area contributed by atoms with Crippen LogP contribution in [-0.4, -0.2) is 0 Å². The van der Waals surface area contributed by atoms with Gasteiger partial charge in [-0.3, -0.25) is 0 Å². The molecule has 2 atom stereocenters. The third-order valence-corrected chi connectivity index (χ3v) is 2.48. The van der Waals surface area contributed by atoms with Crippen LogP contribution in [0.1, 0.15) is 0 Å². The van der Waals surface area contributed by atoms with Crippen LogP contribution in [0.3, 0.4) is 0 Å². The summed E-state index contributed by atoms with van der Waals surface area (Å²) in [7, 11) is 5.31. The van der Waals surface area contributed by atoms with Crippen molar-refractivity contribution < 1.29 is 0 Å². The van der Waals surface area contributed by atoms with Crippen molar-refractivity contribution in [1.82, 2.24) is 0 Å². The van der Waals surface area contributed by atoms with Crippen LogP contribution < -0.4 is 9.24 Å². The van der Waals surface area contributed by atoms with Crippen LogP contribution in [0, 0.1) is 0 Å². The topological polar surface area (TPSA) is 0 Å². The van der Waals surface area contributed by atoms with Crippen LogP contribution in [0.5, 0.6) is 0 Å². The molecule has 0 saturated heterocycles. The fourth-order valence-corrected chi connectivity index (χ4v) is 2.33. The second-order valence-corrected chi connectivity index (χ2v) is 4.47. The maximum atomic E-state index is 2.66. The predicted molar refractivity (Wildman–Crippen MR) is 43.0 cm³/mol. The number of hydrogen-bond donors (Lipinski definition) is 0. The zero-order valence-corrected chi connectivity index (χ0v) is 6.84. The molecule has 0 fully saturated rings. The van der Waals surface area contributed by atoms with Crippen LogP contribution in [0.25, 0.3) is 0 Å². The molecule has 0 nitrogen and oxygen atoms in total. The van der Waals surface area contributed by atoms with Gasteiger partial charge in [0.2, 0.25) is 0 Å². The van der Waals surface area contributed by atoms with Gasteiger partial charge in [-0.05, 0) is 12.1 Å². The van der Waals surface area contributed by atoms with E-state index >= 15 is 0 Å². The third kappa shape index (κ3) is 1.49. The number of rotatable bonds is 0. The lowest BCUT2D eigenvalue weighted by molar-refractivity contribution is 2.14. The van der Waals surface area contributed by atoms with E-state index in [9.17, 15) is 0 Å². The molecule has 3 heteroatoms. The number of hydrogen-bond acceptors (Lipinski definition) is 1. The average molecular weight is 148 g/mol. The van der Waals surface area contributed by atoms with Crippen molar-refractivity contribution in [3.8, 4) is 0 Å². The van der Waals surface area contributed by atoms with Crippen molar-refractivity contribution in [1.29, 1.82) is 0 Å². The second kappa shape index (κ2) is 2.22. The zero-order valence-electron chi connectivity index (χ0n) is 3.72. The highest BCUT2D eigenvalue weighted by Crippen LogP contribution is 1.99. The van der Waals surface area contributed by atoms with Crippen molar-refractivity contribution >= 4 is 39.1 Å². The lowest BCUT2D eigenvalue weighted by Gasteiger charge is -1.71. The lowest BCUT2D eigenvalue weighted by Crippen LogP contribution is -1.74. The summed E-state index contributed by atoms with van der Waals surface area (Å²) in [6.07, 6.45) is 0. The summed E-state index contributed by atoms with van der Waals surface area (Å²) in [4.78, 5) is 0. The van der Waals surface area contributed by atoms with Gasteiger partial charge in [-0.15, -0.1) is 11.3 Å². The van der Waals surface area contributed by atoms with Gasteiger partial charge in [0.25, 0.3) is 0 Å². The molecule has 0 aromatic carbocycles. The molecule has 0 saturated carbocycles. The molecule has 0 aliphatic carbocycles. The van der Waals surface area contributed by atoms with Gasteiger partial charge in [0.1, 0.15) is 0 Å². The highest BCUT2D eigenvalue weighted by atomic mass is 32.1. The second-order valence-electron chi connectivity index (χ2n) is 1.24. The first kappa shape index (κ1) is 5.69. The molecule has 1 rings (SSSR count). The Bertz CT molecular complexity index is 142. The van der Waals surface area contributed by atoms with Crippen LogP contribution in [0.4, 0.5) is 0 Å². The maximum absolute atomic E-state index is 2.66. The minimum absolute atomic E-state index is 1.30. The van der Waals surface area contributed by atoms with Crippen molar-refractivity contribution in [2.75, 3.05) is 0 Å². The highest BCUT2D eigenvalue weighted by Gasteiger charge is 1.84. The fourth-order valence-electron chi connectivity index (χ4n) is 0.368. The Balaban J connectivity index is 3.04.